The van der Waals surface area contributed by atoms with Gasteiger partial charge in [-0.25, -0.2) is 9.97 Å². The minimum atomic E-state index is -0.323. The number of thiazole rings is 1. The molecule has 12 heteroatoms. The van der Waals surface area contributed by atoms with E-state index >= 15 is 0 Å². The highest BCUT2D eigenvalue weighted by Crippen LogP contribution is 2.24. The fourth-order valence-electron chi connectivity index (χ4n) is 3.23. The summed E-state index contributed by atoms with van der Waals surface area (Å²) in [6.45, 7) is 1.91. The molecule has 0 aromatic carbocycles. The quantitative estimate of drug-likeness (QED) is 0.396. The monoisotopic (exact) mass is 470 g/mol. The molecule has 0 aliphatic heterocycles. The highest BCUT2D eigenvalue weighted by Gasteiger charge is 2.26. The standard InChI is InChI=1S/C20H19ClN8O2S/c1-10-7-23-20(32-10)28-9-11(21)5-14(19(28)31)26-15-6-16(22-2)29-17(27-15)13(8-24-29)18(30)25-12-3-4-12/h5-9,12,22H,3-4H2,1-2H3,(H,25,30)(H,26,27). The average molecular weight is 471 g/mol. The molecule has 10 nitrogen and oxygen atoms in total. The van der Waals surface area contributed by atoms with Crippen molar-refractivity contribution in [3.63, 3.8) is 0 Å². The maximum absolute atomic E-state index is 13.1. The van der Waals surface area contributed by atoms with E-state index in [1.165, 1.54) is 34.4 Å². The number of aryl methyl sites for hydroxylation is 1. The topological polar surface area (TPSA) is 118 Å². The number of nitrogens with one attached hydrogen (secondary N) is 3. The third-order valence-electron chi connectivity index (χ3n) is 4.95. The van der Waals surface area contributed by atoms with Gasteiger partial charge in [-0.2, -0.15) is 9.61 Å². The molecule has 4 aromatic rings. The predicted octanol–water partition coefficient (Wildman–Crippen LogP) is 2.98. The van der Waals surface area contributed by atoms with Gasteiger partial charge in [-0.1, -0.05) is 11.6 Å². The molecule has 1 aliphatic rings. The number of amides is 1. The number of aromatic nitrogens is 5. The van der Waals surface area contributed by atoms with Crippen LogP contribution < -0.4 is 21.5 Å². The minimum Gasteiger partial charge on any atom is -0.373 e. The Bertz CT molecular complexity index is 1400. The van der Waals surface area contributed by atoms with E-state index in [-0.39, 0.29) is 23.2 Å². The van der Waals surface area contributed by atoms with Crippen molar-refractivity contribution in [2.75, 3.05) is 17.7 Å². The van der Waals surface area contributed by atoms with E-state index in [0.717, 1.165) is 17.7 Å². The highest BCUT2D eigenvalue weighted by molar-refractivity contribution is 7.14. The first-order valence-electron chi connectivity index (χ1n) is 9.92. The van der Waals surface area contributed by atoms with Crippen LogP contribution in [0.15, 0.2) is 35.5 Å². The molecule has 0 spiro atoms. The van der Waals surface area contributed by atoms with Crippen molar-refractivity contribution in [2.24, 2.45) is 0 Å². The molecule has 164 valence electrons. The smallest absolute Gasteiger partial charge is 0.280 e. The van der Waals surface area contributed by atoms with Crippen LogP contribution in [0.25, 0.3) is 10.8 Å². The Balaban J connectivity index is 1.56. The van der Waals surface area contributed by atoms with Gasteiger partial charge in [0.2, 0.25) is 0 Å². The lowest BCUT2D eigenvalue weighted by Gasteiger charge is -2.11. The summed E-state index contributed by atoms with van der Waals surface area (Å²) >= 11 is 7.67. The van der Waals surface area contributed by atoms with E-state index in [0.29, 0.717) is 33.0 Å². The number of carbonyl (C=O) groups excluding carboxylic acids is 1. The lowest BCUT2D eigenvalue weighted by Crippen LogP contribution is -2.25. The van der Waals surface area contributed by atoms with E-state index in [4.69, 9.17) is 11.6 Å². The molecule has 4 aromatic heterocycles. The minimum absolute atomic E-state index is 0.210. The number of hydrogen-bond acceptors (Lipinski definition) is 8. The van der Waals surface area contributed by atoms with E-state index in [9.17, 15) is 9.59 Å². The van der Waals surface area contributed by atoms with E-state index < -0.39 is 0 Å². The van der Waals surface area contributed by atoms with Crippen LogP contribution in [0.4, 0.5) is 17.3 Å². The Kier molecular flexibility index (Phi) is 5.06. The summed E-state index contributed by atoms with van der Waals surface area (Å²) in [6, 6.07) is 3.44. The SMILES string of the molecule is CNc1cc(Nc2cc(Cl)cn(-c3ncc(C)s3)c2=O)nc2c(C(=O)NC3CC3)cnn12. The van der Waals surface area contributed by atoms with Crippen LogP contribution in [0.2, 0.25) is 5.02 Å². The number of fused-ring (bicyclic) bond motifs is 1. The van der Waals surface area contributed by atoms with Gasteiger partial charge in [-0.05, 0) is 25.8 Å². The van der Waals surface area contributed by atoms with E-state index in [1.807, 2.05) is 6.92 Å². The molecular formula is C20H19ClN8O2S. The number of hydrogen-bond donors (Lipinski definition) is 3. The summed E-state index contributed by atoms with van der Waals surface area (Å²) in [4.78, 5) is 35.5. The molecule has 0 radical (unpaired) electrons. The Morgan fingerprint density at radius 1 is 1.28 bits per heavy atom. The number of carbonyl (C=O) groups is 1. The second-order valence-corrected chi connectivity index (χ2v) is 9.09. The summed E-state index contributed by atoms with van der Waals surface area (Å²) in [6.07, 6.45) is 6.67. The second-order valence-electron chi connectivity index (χ2n) is 7.44. The van der Waals surface area contributed by atoms with Crippen LogP contribution in [0.5, 0.6) is 0 Å². The Hall–Kier alpha value is -3.44. The maximum atomic E-state index is 13.1. The van der Waals surface area contributed by atoms with Gasteiger partial charge in [0, 0.05) is 36.4 Å². The highest BCUT2D eigenvalue weighted by atomic mass is 35.5. The van der Waals surface area contributed by atoms with Crippen molar-refractivity contribution in [3.05, 3.63) is 56.5 Å². The van der Waals surface area contributed by atoms with Crippen LogP contribution >= 0.6 is 22.9 Å². The van der Waals surface area contributed by atoms with Crippen molar-refractivity contribution < 1.29 is 4.79 Å². The van der Waals surface area contributed by atoms with Crippen LogP contribution in [-0.2, 0) is 0 Å². The van der Waals surface area contributed by atoms with Gasteiger partial charge in [-0.15, -0.1) is 11.3 Å². The zero-order chi connectivity index (χ0) is 22.4. The molecule has 0 saturated heterocycles. The molecule has 1 fully saturated rings. The number of rotatable bonds is 6. The van der Waals surface area contributed by atoms with Gasteiger partial charge in [0.1, 0.15) is 22.9 Å². The van der Waals surface area contributed by atoms with Crippen molar-refractivity contribution in [2.45, 2.75) is 25.8 Å². The molecule has 1 amide bonds. The van der Waals surface area contributed by atoms with Crippen molar-refractivity contribution in [1.82, 2.24) is 29.5 Å². The van der Waals surface area contributed by atoms with Crippen molar-refractivity contribution >= 4 is 51.8 Å². The summed E-state index contributed by atoms with van der Waals surface area (Å²) in [5.74, 6) is 0.739. The number of anilines is 3. The number of pyridine rings is 1. The first kappa shape index (κ1) is 20.5. The number of halogens is 1. The molecule has 0 atom stereocenters. The van der Waals surface area contributed by atoms with Crippen LogP contribution in [-0.4, -0.2) is 43.1 Å². The van der Waals surface area contributed by atoms with Gasteiger partial charge in [0.05, 0.1) is 11.2 Å². The van der Waals surface area contributed by atoms with Gasteiger partial charge >= 0.3 is 0 Å². The third kappa shape index (κ3) is 3.80. The molecule has 32 heavy (non-hydrogen) atoms. The van der Waals surface area contributed by atoms with Crippen molar-refractivity contribution in [1.29, 1.82) is 0 Å². The van der Waals surface area contributed by atoms with Gasteiger partial charge in [0.25, 0.3) is 11.5 Å². The lowest BCUT2D eigenvalue weighted by atomic mass is 10.3. The summed E-state index contributed by atoms with van der Waals surface area (Å²) < 4.78 is 2.94. The van der Waals surface area contributed by atoms with Gasteiger partial charge in [0.15, 0.2) is 10.8 Å². The predicted molar refractivity (Wildman–Crippen MR) is 124 cm³/mol. The van der Waals surface area contributed by atoms with E-state index in [2.05, 4.69) is 31.0 Å². The maximum Gasteiger partial charge on any atom is 0.280 e. The lowest BCUT2D eigenvalue weighted by molar-refractivity contribution is 0.0952. The summed E-state index contributed by atoms with van der Waals surface area (Å²) in [5, 5.41) is 14.2. The molecule has 0 unspecified atom stereocenters. The molecule has 3 N–H and O–H groups in total. The van der Waals surface area contributed by atoms with Crippen LogP contribution in [0.3, 0.4) is 0 Å². The zero-order valence-electron chi connectivity index (χ0n) is 17.2. The third-order valence-corrected chi connectivity index (χ3v) is 6.07. The summed E-state index contributed by atoms with van der Waals surface area (Å²) in [5.41, 5.74) is 0.638. The van der Waals surface area contributed by atoms with Crippen LogP contribution in [0.1, 0.15) is 28.1 Å². The fourth-order valence-corrected chi connectivity index (χ4v) is 4.17. The van der Waals surface area contributed by atoms with E-state index in [1.54, 1.807) is 23.8 Å². The van der Waals surface area contributed by atoms with Gasteiger partial charge in [-0.3, -0.25) is 14.2 Å². The Morgan fingerprint density at radius 2 is 2.09 bits per heavy atom. The molecule has 4 heterocycles. The normalized spacial score (nSPS) is 13.3. The fraction of sp³-hybridized carbons (Fsp3) is 0.250. The average Bonchev–Trinajstić information content (AvgIpc) is 3.30. The molecule has 0 bridgehead atoms. The Morgan fingerprint density at radius 3 is 2.78 bits per heavy atom. The largest absolute Gasteiger partial charge is 0.373 e. The van der Waals surface area contributed by atoms with Gasteiger partial charge < -0.3 is 16.0 Å². The van der Waals surface area contributed by atoms with Crippen LogP contribution in [0, 0.1) is 6.92 Å². The summed E-state index contributed by atoms with van der Waals surface area (Å²) in [7, 11) is 1.74. The molecule has 1 aliphatic carbocycles. The Labute approximate surface area is 191 Å². The molecule has 5 rings (SSSR count). The zero-order valence-corrected chi connectivity index (χ0v) is 18.8. The second kappa shape index (κ2) is 7.92. The first-order chi connectivity index (χ1) is 15.4. The van der Waals surface area contributed by atoms with Crippen molar-refractivity contribution in [3.8, 4) is 5.13 Å². The molecular weight excluding hydrogens is 452 g/mol. The first-order valence-corrected chi connectivity index (χ1v) is 11.1. The number of nitrogens with zero attached hydrogens (tertiary/aromatic N) is 5. The molecule has 1 saturated carbocycles.